The lowest BCUT2D eigenvalue weighted by Gasteiger charge is -2.44. The second-order valence-corrected chi connectivity index (χ2v) is 12.9. The normalized spacial score (nSPS) is 20.9. The van der Waals surface area contributed by atoms with Crippen LogP contribution >= 0.6 is 0 Å². The third-order valence-electron chi connectivity index (χ3n) is 8.62. The highest BCUT2D eigenvalue weighted by molar-refractivity contribution is 5.98. The number of aryl methyl sites for hydroxylation is 1. The summed E-state index contributed by atoms with van der Waals surface area (Å²) in [6.07, 6.45) is 2.89. The molecule has 0 saturated carbocycles. The number of likely N-dealkylation sites (N-methyl/N-ethyl adjacent to an activating group) is 1. The number of alkyl halides is 3. The van der Waals surface area contributed by atoms with Crippen molar-refractivity contribution in [2.24, 2.45) is 11.8 Å². The summed E-state index contributed by atoms with van der Waals surface area (Å²) in [6.45, 7) is 9.45. The van der Waals surface area contributed by atoms with E-state index >= 15 is 0 Å². The molecule has 2 aromatic carbocycles. The number of hydrogen-bond donors (Lipinski definition) is 1. The number of anilines is 1. The number of likely N-dealkylation sites (tertiary alicyclic amines) is 1. The van der Waals surface area contributed by atoms with Gasteiger partial charge in [-0.15, -0.1) is 0 Å². The van der Waals surface area contributed by atoms with Crippen LogP contribution in [0.2, 0.25) is 0 Å². The van der Waals surface area contributed by atoms with Crippen LogP contribution in [0.25, 0.3) is 0 Å². The third kappa shape index (κ3) is 8.17. The maximum Gasteiger partial charge on any atom is 0.401 e. The fourth-order valence-electron chi connectivity index (χ4n) is 6.26. The van der Waals surface area contributed by atoms with Gasteiger partial charge in [-0.25, -0.2) is 4.39 Å². The molecule has 2 amide bonds. The SMILES string of the molecule is CCN(CC1=CCC([C@H]2[C@@H](C(=O)Nc3cccc(C(C)(C)C)c3)CCCN2C(=O)c2c(C)cccc2F)C=C1)CC(F)(F)F. The van der Waals surface area contributed by atoms with E-state index in [1.807, 2.05) is 36.4 Å². The second-order valence-electron chi connectivity index (χ2n) is 12.9. The number of benzene rings is 2. The Morgan fingerprint density at radius 1 is 1.09 bits per heavy atom. The first-order chi connectivity index (χ1) is 20.7. The third-order valence-corrected chi connectivity index (χ3v) is 8.62. The lowest BCUT2D eigenvalue weighted by molar-refractivity contribution is -0.144. The number of amides is 2. The average Bonchev–Trinajstić information content (AvgIpc) is 2.95. The molecule has 1 fully saturated rings. The molecule has 2 aliphatic rings. The quantitative estimate of drug-likeness (QED) is 0.311. The van der Waals surface area contributed by atoms with Gasteiger partial charge in [0, 0.05) is 24.7 Å². The van der Waals surface area contributed by atoms with Gasteiger partial charge in [-0.2, -0.15) is 13.2 Å². The highest BCUT2D eigenvalue weighted by atomic mass is 19.4. The second kappa shape index (κ2) is 13.7. The van der Waals surface area contributed by atoms with Crippen molar-refractivity contribution in [3.05, 3.63) is 88.8 Å². The van der Waals surface area contributed by atoms with Crippen LogP contribution in [0, 0.1) is 24.6 Å². The first-order valence-corrected chi connectivity index (χ1v) is 15.3. The molecule has 1 heterocycles. The van der Waals surface area contributed by atoms with E-state index in [0.29, 0.717) is 37.1 Å². The van der Waals surface area contributed by atoms with Crippen molar-refractivity contribution in [1.29, 1.82) is 0 Å². The van der Waals surface area contributed by atoms with Crippen LogP contribution in [0.3, 0.4) is 0 Å². The molecule has 1 aliphatic heterocycles. The Morgan fingerprint density at radius 2 is 1.82 bits per heavy atom. The minimum absolute atomic E-state index is 0.00167. The zero-order valence-electron chi connectivity index (χ0n) is 26.2. The van der Waals surface area contributed by atoms with Gasteiger partial charge in [0.05, 0.1) is 24.1 Å². The molecule has 2 aromatic rings. The minimum Gasteiger partial charge on any atom is -0.334 e. The zero-order chi connectivity index (χ0) is 32.2. The Morgan fingerprint density at radius 3 is 2.43 bits per heavy atom. The predicted molar refractivity (Wildman–Crippen MR) is 166 cm³/mol. The van der Waals surface area contributed by atoms with Gasteiger partial charge in [0.1, 0.15) is 5.82 Å². The molecule has 3 atom stereocenters. The number of carbonyl (C=O) groups is 2. The maximum absolute atomic E-state index is 15.0. The average molecular weight is 614 g/mol. The zero-order valence-corrected chi connectivity index (χ0v) is 26.2. The Balaban J connectivity index is 1.63. The first-order valence-electron chi connectivity index (χ1n) is 15.3. The molecule has 44 heavy (non-hydrogen) atoms. The molecule has 9 heteroatoms. The van der Waals surface area contributed by atoms with Crippen molar-refractivity contribution in [3.63, 3.8) is 0 Å². The molecule has 1 aliphatic carbocycles. The fraction of sp³-hybridized carbons (Fsp3) is 0.486. The largest absolute Gasteiger partial charge is 0.401 e. The number of hydrogen-bond acceptors (Lipinski definition) is 3. The summed E-state index contributed by atoms with van der Waals surface area (Å²) in [5, 5.41) is 3.08. The molecular weight excluding hydrogens is 570 g/mol. The van der Waals surface area contributed by atoms with Crippen LogP contribution in [0.1, 0.15) is 68.4 Å². The first kappa shape index (κ1) is 33.4. The number of allylic oxidation sites excluding steroid dienone is 1. The Bertz CT molecular complexity index is 1390. The topological polar surface area (TPSA) is 52.7 Å². The van der Waals surface area contributed by atoms with E-state index in [1.165, 1.54) is 11.0 Å². The van der Waals surface area contributed by atoms with E-state index in [2.05, 4.69) is 26.1 Å². The fourth-order valence-corrected chi connectivity index (χ4v) is 6.26. The van der Waals surface area contributed by atoms with Gasteiger partial charge in [-0.05, 0) is 73.0 Å². The van der Waals surface area contributed by atoms with E-state index < -0.39 is 36.4 Å². The van der Waals surface area contributed by atoms with Gasteiger partial charge in [0.25, 0.3) is 5.91 Å². The summed E-state index contributed by atoms with van der Waals surface area (Å²) in [5.74, 6) is -2.12. The van der Waals surface area contributed by atoms with Crippen molar-refractivity contribution in [3.8, 4) is 0 Å². The number of halogens is 4. The summed E-state index contributed by atoms with van der Waals surface area (Å²) in [5.41, 5.74) is 2.90. The molecule has 1 N–H and O–H groups in total. The highest BCUT2D eigenvalue weighted by Gasteiger charge is 2.43. The number of rotatable bonds is 8. The Kier molecular flexibility index (Phi) is 10.4. The molecular formula is C35H43F4N3O2. The van der Waals surface area contributed by atoms with Crippen LogP contribution in [0.15, 0.2) is 66.3 Å². The standard InChI is InChI=1S/C35H43F4N3O2/c1-6-41(22-35(37,38)39)21-24-15-17-25(18-16-24)31-28(32(43)40-27-12-8-11-26(20-27)34(3,4)5)13-9-19-42(31)33(44)30-23(2)10-7-14-29(30)36/h7-8,10-12,14-17,20,25,28,31H,6,9,13,18-19,21-22H2,1-5H3,(H,40,43)/t25?,28-,31-/m0/s1. The molecule has 238 valence electrons. The molecule has 0 aromatic heterocycles. The molecule has 0 radical (unpaired) electrons. The van der Waals surface area contributed by atoms with E-state index in [4.69, 9.17) is 0 Å². The number of piperidine rings is 1. The summed E-state index contributed by atoms with van der Waals surface area (Å²) in [7, 11) is 0. The smallest absolute Gasteiger partial charge is 0.334 e. The number of nitrogens with zero attached hydrogens (tertiary/aromatic N) is 2. The van der Waals surface area contributed by atoms with E-state index in [0.717, 1.165) is 11.1 Å². The van der Waals surface area contributed by atoms with Gasteiger partial charge in [-0.1, -0.05) is 70.2 Å². The molecule has 0 bridgehead atoms. The summed E-state index contributed by atoms with van der Waals surface area (Å²) in [4.78, 5) is 30.9. The molecule has 0 spiro atoms. The van der Waals surface area contributed by atoms with Gasteiger partial charge < -0.3 is 10.2 Å². The van der Waals surface area contributed by atoms with E-state index in [-0.39, 0.29) is 35.9 Å². The predicted octanol–water partition coefficient (Wildman–Crippen LogP) is 7.68. The summed E-state index contributed by atoms with van der Waals surface area (Å²) in [6, 6.07) is 11.7. The summed E-state index contributed by atoms with van der Waals surface area (Å²) >= 11 is 0. The lowest BCUT2D eigenvalue weighted by Crippen LogP contribution is -2.55. The molecule has 1 unspecified atom stereocenters. The van der Waals surface area contributed by atoms with Crippen LogP contribution in [-0.2, 0) is 10.2 Å². The van der Waals surface area contributed by atoms with E-state index in [9.17, 15) is 27.2 Å². The van der Waals surface area contributed by atoms with Crippen LogP contribution in [0.4, 0.5) is 23.2 Å². The lowest BCUT2D eigenvalue weighted by atomic mass is 9.77. The highest BCUT2D eigenvalue weighted by Crippen LogP contribution is 2.36. The van der Waals surface area contributed by atoms with Crippen molar-refractivity contribution in [1.82, 2.24) is 9.80 Å². The molecule has 1 saturated heterocycles. The Labute approximate surface area is 258 Å². The van der Waals surface area contributed by atoms with Crippen molar-refractivity contribution >= 4 is 17.5 Å². The van der Waals surface area contributed by atoms with Gasteiger partial charge in [0.15, 0.2) is 0 Å². The van der Waals surface area contributed by atoms with Gasteiger partial charge >= 0.3 is 6.18 Å². The van der Waals surface area contributed by atoms with Crippen molar-refractivity contribution < 1.29 is 27.2 Å². The van der Waals surface area contributed by atoms with Gasteiger partial charge in [0.2, 0.25) is 5.91 Å². The van der Waals surface area contributed by atoms with Crippen LogP contribution in [0.5, 0.6) is 0 Å². The number of carbonyl (C=O) groups excluding carboxylic acids is 2. The van der Waals surface area contributed by atoms with Crippen LogP contribution < -0.4 is 5.32 Å². The van der Waals surface area contributed by atoms with Crippen molar-refractivity contribution in [2.75, 3.05) is 31.5 Å². The number of nitrogens with one attached hydrogen (secondary N) is 1. The van der Waals surface area contributed by atoms with Crippen LogP contribution in [-0.4, -0.2) is 60.0 Å². The molecule has 4 rings (SSSR count). The van der Waals surface area contributed by atoms with Gasteiger partial charge in [-0.3, -0.25) is 14.5 Å². The Hall–Kier alpha value is -3.46. The monoisotopic (exact) mass is 613 g/mol. The summed E-state index contributed by atoms with van der Waals surface area (Å²) < 4.78 is 54.1. The maximum atomic E-state index is 15.0. The molecule has 5 nitrogen and oxygen atoms in total. The van der Waals surface area contributed by atoms with Crippen molar-refractivity contribution in [2.45, 2.75) is 71.5 Å². The minimum atomic E-state index is -4.29. The van der Waals surface area contributed by atoms with E-state index in [1.54, 1.807) is 37.0 Å².